The number of hydroxylamine groups is 2. The number of hydrogen-bond acceptors (Lipinski definition) is 3. The van der Waals surface area contributed by atoms with Gasteiger partial charge in [0.15, 0.2) is 0 Å². The Kier molecular flexibility index (Phi) is 10.4. The maximum atomic E-state index is 12.9. The molecular formula is C29H41NO3. The lowest BCUT2D eigenvalue weighted by Gasteiger charge is -2.27. The van der Waals surface area contributed by atoms with E-state index in [1.54, 1.807) is 12.1 Å². The summed E-state index contributed by atoms with van der Waals surface area (Å²) in [6.07, 6.45) is 17.2. The van der Waals surface area contributed by atoms with Gasteiger partial charge in [-0.25, -0.2) is 0 Å². The SMILES string of the molecule is CCCCCCCCCCCCCCC(C)CON1C(=O)c2cccc3cccc(c23)C1=O. The fraction of sp³-hybridized carbons (Fsp3) is 0.586. The first-order valence-electron chi connectivity index (χ1n) is 13.2. The molecule has 1 aliphatic heterocycles. The zero-order valence-corrected chi connectivity index (χ0v) is 20.6. The van der Waals surface area contributed by atoms with Crippen LogP contribution < -0.4 is 0 Å². The first kappa shape index (κ1) is 25.4. The van der Waals surface area contributed by atoms with Crippen LogP contribution >= 0.6 is 0 Å². The monoisotopic (exact) mass is 451 g/mol. The molecule has 2 aromatic carbocycles. The molecule has 0 radical (unpaired) electrons. The summed E-state index contributed by atoms with van der Waals surface area (Å²) in [5.74, 6) is -0.412. The minimum atomic E-state index is -0.359. The molecule has 0 aromatic heterocycles. The highest BCUT2D eigenvalue weighted by atomic mass is 16.7. The van der Waals surface area contributed by atoms with Crippen molar-refractivity contribution in [3.63, 3.8) is 0 Å². The van der Waals surface area contributed by atoms with Gasteiger partial charge in [0.2, 0.25) is 0 Å². The average molecular weight is 452 g/mol. The highest BCUT2D eigenvalue weighted by Gasteiger charge is 2.34. The van der Waals surface area contributed by atoms with Crippen molar-refractivity contribution >= 4 is 22.6 Å². The van der Waals surface area contributed by atoms with Crippen LogP contribution in [0.25, 0.3) is 10.8 Å². The molecule has 3 rings (SSSR count). The molecular weight excluding hydrogens is 410 g/mol. The number of hydrogen-bond donors (Lipinski definition) is 0. The Balaban J connectivity index is 1.30. The number of carbonyl (C=O) groups excluding carboxylic acids is 2. The van der Waals surface area contributed by atoms with Crippen LogP contribution in [0.2, 0.25) is 0 Å². The predicted octanol–water partition coefficient (Wildman–Crippen LogP) is 8.09. The number of amides is 2. The number of unbranched alkanes of at least 4 members (excludes halogenated alkanes) is 11. The fourth-order valence-electron chi connectivity index (χ4n) is 4.74. The molecule has 1 unspecified atom stereocenters. The van der Waals surface area contributed by atoms with E-state index in [4.69, 9.17) is 4.84 Å². The van der Waals surface area contributed by atoms with Gasteiger partial charge in [0.05, 0.1) is 17.7 Å². The standard InChI is InChI=1S/C29H41NO3/c1-3-4-5-6-7-8-9-10-11-12-13-14-17-23(2)22-33-30-28(31)25-20-15-18-24-19-16-21-26(27(24)25)29(30)32/h15-16,18-21,23H,3-14,17,22H2,1-2H3. The van der Waals surface area contributed by atoms with Crippen LogP contribution in [0.5, 0.6) is 0 Å². The maximum absolute atomic E-state index is 12.9. The van der Waals surface area contributed by atoms with E-state index in [9.17, 15) is 9.59 Å². The minimum absolute atomic E-state index is 0.307. The van der Waals surface area contributed by atoms with Gasteiger partial charge < -0.3 is 0 Å². The molecule has 4 nitrogen and oxygen atoms in total. The lowest BCUT2D eigenvalue weighted by Crippen LogP contribution is -2.41. The molecule has 2 amide bonds. The van der Waals surface area contributed by atoms with Crippen LogP contribution in [-0.4, -0.2) is 23.5 Å². The number of nitrogens with zero attached hydrogens (tertiary/aromatic N) is 1. The van der Waals surface area contributed by atoms with E-state index in [0.717, 1.165) is 22.3 Å². The Hall–Kier alpha value is -2.20. The Morgan fingerprint density at radius 1 is 0.727 bits per heavy atom. The van der Waals surface area contributed by atoms with Gasteiger partial charge in [-0.1, -0.05) is 115 Å². The predicted molar refractivity (Wildman–Crippen MR) is 135 cm³/mol. The molecule has 1 atom stereocenters. The average Bonchev–Trinajstić information content (AvgIpc) is 2.83. The molecule has 0 N–H and O–H groups in total. The van der Waals surface area contributed by atoms with Crippen LogP contribution in [0.3, 0.4) is 0 Å². The number of rotatable bonds is 16. The van der Waals surface area contributed by atoms with Crippen molar-refractivity contribution < 1.29 is 14.4 Å². The Morgan fingerprint density at radius 3 is 1.73 bits per heavy atom. The Labute approximate surface area is 199 Å². The van der Waals surface area contributed by atoms with Gasteiger partial charge >= 0.3 is 0 Å². The third-order valence-corrected chi connectivity index (χ3v) is 6.77. The lowest BCUT2D eigenvalue weighted by molar-refractivity contribution is -0.105. The zero-order valence-electron chi connectivity index (χ0n) is 20.6. The molecule has 33 heavy (non-hydrogen) atoms. The second-order valence-corrected chi connectivity index (χ2v) is 9.69. The normalized spacial score (nSPS) is 14.3. The van der Waals surface area contributed by atoms with Crippen molar-refractivity contribution in [2.24, 2.45) is 5.92 Å². The van der Waals surface area contributed by atoms with Crippen molar-refractivity contribution in [2.45, 2.75) is 97.3 Å². The molecule has 0 saturated heterocycles. The maximum Gasteiger partial charge on any atom is 0.285 e. The van der Waals surface area contributed by atoms with Crippen molar-refractivity contribution in [3.8, 4) is 0 Å². The van der Waals surface area contributed by atoms with E-state index in [1.807, 2.05) is 24.3 Å². The minimum Gasteiger partial charge on any atom is -0.266 e. The van der Waals surface area contributed by atoms with Gasteiger partial charge in [-0.2, -0.15) is 0 Å². The second kappa shape index (κ2) is 13.5. The summed E-state index contributed by atoms with van der Waals surface area (Å²) in [5.41, 5.74) is 1.08. The van der Waals surface area contributed by atoms with E-state index in [2.05, 4.69) is 13.8 Å². The van der Waals surface area contributed by atoms with Gasteiger partial charge in [0.1, 0.15) is 0 Å². The van der Waals surface area contributed by atoms with Crippen molar-refractivity contribution in [3.05, 3.63) is 47.5 Å². The van der Waals surface area contributed by atoms with Crippen LogP contribution in [0.15, 0.2) is 36.4 Å². The number of imide groups is 1. The van der Waals surface area contributed by atoms with Gasteiger partial charge in [-0.15, -0.1) is 5.06 Å². The highest BCUT2D eigenvalue weighted by molar-refractivity contribution is 6.24. The summed E-state index contributed by atoms with van der Waals surface area (Å²) in [6.45, 7) is 4.78. The summed E-state index contributed by atoms with van der Waals surface area (Å²) in [5, 5.41) is 2.61. The van der Waals surface area contributed by atoms with E-state index >= 15 is 0 Å². The molecule has 0 saturated carbocycles. The van der Waals surface area contributed by atoms with E-state index in [0.29, 0.717) is 23.7 Å². The van der Waals surface area contributed by atoms with Crippen molar-refractivity contribution in [1.82, 2.24) is 5.06 Å². The lowest BCUT2D eigenvalue weighted by atomic mass is 9.95. The van der Waals surface area contributed by atoms with Crippen LogP contribution in [0, 0.1) is 5.92 Å². The third-order valence-electron chi connectivity index (χ3n) is 6.77. The molecule has 2 aromatic rings. The molecule has 0 fully saturated rings. The largest absolute Gasteiger partial charge is 0.285 e. The molecule has 4 heteroatoms. The summed E-state index contributed by atoms with van der Waals surface area (Å²) < 4.78 is 0. The van der Waals surface area contributed by atoms with Gasteiger partial charge in [0, 0.05) is 5.39 Å². The Bertz CT molecular complexity index is 856. The quantitative estimate of drug-likeness (QED) is 0.191. The molecule has 0 bridgehead atoms. The van der Waals surface area contributed by atoms with Gasteiger partial charge in [-0.05, 0) is 29.9 Å². The van der Waals surface area contributed by atoms with E-state index in [-0.39, 0.29) is 11.8 Å². The summed E-state index contributed by atoms with van der Waals surface area (Å²) in [7, 11) is 0. The van der Waals surface area contributed by atoms with E-state index < -0.39 is 0 Å². The van der Waals surface area contributed by atoms with Crippen molar-refractivity contribution in [2.75, 3.05) is 6.61 Å². The van der Waals surface area contributed by atoms with E-state index in [1.165, 1.54) is 77.0 Å². The van der Waals surface area contributed by atoms with Crippen LogP contribution in [-0.2, 0) is 4.84 Å². The molecule has 180 valence electrons. The van der Waals surface area contributed by atoms with Gasteiger partial charge in [-0.3, -0.25) is 14.4 Å². The fourth-order valence-corrected chi connectivity index (χ4v) is 4.74. The topological polar surface area (TPSA) is 46.6 Å². The summed E-state index contributed by atoms with van der Waals surface area (Å²) in [6, 6.07) is 11.1. The second-order valence-electron chi connectivity index (χ2n) is 9.69. The molecule has 1 heterocycles. The smallest absolute Gasteiger partial charge is 0.266 e. The third kappa shape index (κ3) is 7.14. The highest BCUT2D eigenvalue weighted by Crippen LogP contribution is 2.30. The van der Waals surface area contributed by atoms with Gasteiger partial charge in [0.25, 0.3) is 11.8 Å². The molecule has 0 spiro atoms. The summed E-state index contributed by atoms with van der Waals surface area (Å²) in [4.78, 5) is 31.5. The Morgan fingerprint density at radius 2 is 1.21 bits per heavy atom. The van der Waals surface area contributed by atoms with Crippen LogP contribution in [0.1, 0.15) is 118 Å². The van der Waals surface area contributed by atoms with Crippen molar-refractivity contribution in [1.29, 1.82) is 0 Å². The first-order valence-corrected chi connectivity index (χ1v) is 13.2. The zero-order chi connectivity index (χ0) is 23.5. The molecule has 1 aliphatic rings. The van der Waals surface area contributed by atoms with Crippen LogP contribution in [0.4, 0.5) is 0 Å². The first-order chi connectivity index (χ1) is 16.1. The number of carbonyl (C=O) groups is 2. The summed E-state index contributed by atoms with van der Waals surface area (Å²) >= 11 is 0. The number of benzene rings is 2. The molecule has 0 aliphatic carbocycles.